The van der Waals surface area contributed by atoms with E-state index in [-0.39, 0.29) is 11.5 Å². The summed E-state index contributed by atoms with van der Waals surface area (Å²) in [6.07, 6.45) is 0.944. The highest BCUT2D eigenvalue weighted by molar-refractivity contribution is 7.89. The Bertz CT molecular complexity index is 515. The Morgan fingerprint density at radius 2 is 2.00 bits per heavy atom. The van der Waals surface area contributed by atoms with Gasteiger partial charge in [-0.3, -0.25) is 0 Å². The summed E-state index contributed by atoms with van der Waals surface area (Å²) in [6.45, 7) is 3.58. The fourth-order valence-corrected chi connectivity index (χ4v) is 3.45. The molecule has 0 bridgehead atoms. The Balaban J connectivity index is 3.11. The summed E-state index contributed by atoms with van der Waals surface area (Å²) < 4.78 is 32.5. The summed E-state index contributed by atoms with van der Waals surface area (Å²) >= 11 is 0. The molecule has 0 aromatic heterocycles. The van der Waals surface area contributed by atoms with E-state index in [1.54, 1.807) is 25.1 Å². The zero-order valence-corrected chi connectivity index (χ0v) is 12.3. The molecule has 108 valence electrons. The van der Waals surface area contributed by atoms with Crippen molar-refractivity contribution in [3.05, 3.63) is 24.3 Å². The van der Waals surface area contributed by atoms with E-state index < -0.39 is 15.6 Å². The molecule has 19 heavy (non-hydrogen) atoms. The molecule has 1 unspecified atom stereocenters. The second-order valence-electron chi connectivity index (χ2n) is 4.64. The Hall–Kier alpha value is -1.11. The van der Waals surface area contributed by atoms with Gasteiger partial charge < -0.3 is 9.84 Å². The predicted molar refractivity (Wildman–Crippen MR) is 73.7 cm³/mol. The van der Waals surface area contributed by atoms with E-state index in [0.29, 0.717) is 18.6 Å². The smallest absolute Gasteiger partial charge is 0.244 e. The Labute approximate surface area is 114 Å². The molecule has 0 radical (unpaired) electrons. The Morgan fingerprint density at radius 1 is 1.37 bits per heavy atom. The van der Waals surface area contributed by atoms with E-state index in [4.69, 9.17) is 9.84 Å². The molecule has 1 aromatic rings. The first-order valence-corrected chi connectivity index (χ1v) is 7.64. The Morgan fingerprint density at radius 3 is 2.53 bits per heavy atom. The quantitative estimate of drug-likeness (QED) is 0.797. The second-order valence-corrected chi connectivity index (χ2v) is 6.30. The molecule has 0 heterocycles. The summed E-state index contributed by atoms with van der Waals surface area (Å²) in [5.74, 6) is 0.303. The van der Waals surface area contributed by atoms with Crippen LogP contribution in [-0.4, -0.2) is 32.8 Å². The maximum atomic E-state index is 12.4. The average molecular weight is 287 g/mol. The molecule has 1 rings (SSSR count). The first kappa shape index (κ1) is 15.9. The monoisotopic (exact) mass is 287 g/mol. The van der Waals surface area contributed by atoms with E-state index >= 15 is 0 Å². The van der Waals surface area contributed by atoms with Gasteiger partial charge >= 0.3 is 0 Å². The second kappa shape index (κ2) is 6.36. The molecule has 0 saturated carbocycles. The number of methoxy groups -OCH3 is 1. The number of aliphatic hydroxyl groups is 1. The van der Waals surface area contributed by atoms with Crippen molar-refractivity contribution in [3.63, 3.8) is 0 Å². The molecule has 0 aliphatic carbocycles. The lowest BCUT2D eigenvalue weighted by molar-refractivity contribution is 0.233. The van der Waals surface area contributed by atoms with Crippen molar-refractivity contribution >= 4 is 10.0 Å². The predicted octanol–water partition coefficient (Wildman–Crippen LogP) is 1.52. The van der Waals surface area contributed by atoms with Gasteiger partial charge in [-0.1, -0.05) is 19.1 Å². The molecule has 0 fully saturated rings. The minimum atomic E-state index is -3.68. The molecule has 2 N–H and O–H groups in total. The number of ether oxygens (including phenoxy) is 1. The number of hydrogen-bond acceptors (Lipinski definition) is 4. The van der Waals surface area contributed by atoms with Crippen LogP contribution in [0.4, 0.5) is 0 Å². The number of sulfonamides is 1. The fourth-order valence-electron chi connectivity index (χ4n) is 1.77. The van der Waals surface area contributed by atoms with E-state index in [1.165, 1.54) is 13.2 Å². The topological polar surface area (TPSA) is 75.6 Å². The van der Waals surface area contributed by atoms with Crippen LogP contribution in [0.15, 0.2) is 29.2 Å². The molecular weight excluding hydrogens is 266 g/mol. The van der Waals surface area contributed by atoms with Gasteiger partial charge in [-0.2, -0.15) is 0 Å². The van der Waals surface area contributed by atoms with Gasteiger partial charge in [0.05, 0.1) is 7.11 Å². The number of rotatable bonds is 7. The van der Waals surface area contributed by atoms with Crippen LogP contribution in [0.3, 0.4) is 0 Å². The van der Waals surface area contributed by atoms with E-state index in [0.717, 1.165) is 0 Å². The summed E-state index contributed by atoms with van der Waals surface area (Å²) in [4.78, 5) is 0.107. The van der Waals surface area contributed by atoms with Crippen LogP contribution in [-0.2, 0) is 10.0 Å². The summed E-state index contributed by atoms with van der Waals surface area (Å²) in [7, 11) is -2.25. The third kappa shape index (κ3) is 3.92. The molecule has 1 aromatic carbocycles. The molecule has 0 spiro atoms. The summed E-state index contributed by atoms with van der Waals surface area (Å²) in [5, 5.41) is 9.04. The largest absolute Gasteiger partial charge is 0.495 e. The van der Waals surface area contributed by atoms with Crippen molar-refractivity contribution in [1.29, 1.82) is 0 Å². The van der Waals surface area contributed by atoms with Crippen LogP contribution < -0.4 is 9.46 Å². The Kier molecular flexibility index (Phi) is 5.34. The first-order chi connectivity index (χ1) is 8.88. The van der Waals surface area contributed by atoms with Gasteiger partial charge in [-0.25, -0.2) is 13.1 Å². The van der Waals surface area contributed by atoms with Crippen LogP contribution in [0.5, 0.6) is 5.75 Å². The molecule has 1 atom stereocenters. The summed E-state index contributed by atoms with van der Waals surface area (Å²) in [5.41, 5.74) is -0.672. The van der Waals surface area contributed by atoms with Crippen molar-refractivity contribution in [2.24, 2.45) is 0 Å². The third-order valence-corrected chi connectivity index (χ3v) is 4.86. The van der Waals surface area contributed by atoms with Gasteiger partial charge in [0.25, 0.3) is 0 Å². The molecule has 6 heteroatoms. The lowest BCUT2D eigenvalue weighted by Crippen LogP contribution is -2.46. The van der Waals surface area contributed by atoms with Crippen LogP contribution in [0.2, 0.25) is 0 Å². The van der Waals surface area contributed by atoms with Crippen LogP contribution in [0.25, 0.3) is 0 Å². The zero-order valence-electron chi connectivity index (χ0n) is 11.5. The standard InChI is InChI=1S/C13H21NO4S/c1-4-13(2,9-10-15)14-19(16,17)12-8-6-5-7-11(12)18-3/h5-8,14-15H,4,9-10H2,1-3H3. The highest BCUT2D eigenvalue weighted by atomic mass is 32.2. The van der Waals surface area contributed by atoms with E-state index in [1.807, 2.05) is 6.92 Å². The van der Waals surface area contributed by atoms with Crippen LogP contribution >= 0.6 is 0 Å². The summed E-state index contributed by atoms with van der Waals surface area (Å²) in [6, 6.07) is 6.46. The van der Waals surface area contributed by atoms with Gasteiger partial charge in [0.15, 0.2) is 0 Å². The normalized spacial score (nSPS) is 14.9. The van der Waals surface area contributed by atoms with Gasteiger partial charge in [0.1, 0.15) is 10.6 Å². The maximum Gasteiger partial charge on any atom is 0.244 e. The van der Waals surface area contributed by atoms with Crippen molar-refractivity contribution < 1.29 is 18.3 Å². The van der Waals surface area contributed by atoms with E-state index in [9.17, 15) is 8.42 Å². The lowest BCUT2D eigenvalue weighted by atomic mass is 9.97. The average Bonchev–Trinajstić information content (AvgIpc) is 2.38. The van der Waals surface area contributed by atoms with Crippen molar-refractivity contribution in [2.45, 2.75) is 37.1 Å². The number of para-hydroxylation sites is 1. The van der Waals surface area contributed by atoms with Crippen LogP contribution in [0.1, 0.15) is 26.7 Å². The molecule has 0 amide bonds. The first-order valence-electron chi connectivity index (χ1n) is 6.16. The van der Waals surface area contributed by atoms with Crippen LogP contribution in [0, 0.1) is 0 Å². The minimum Gasteiger partial charge on any atom is -0.495 e. The number of nitrogens with one attached hydrogen (secondary N) is 1. The molecule has 0 aliphatic heterocycles. The maximum absolute atomic E-state index is 12.4. The van der Waals surface area contributed by atoms with Crippen molar-refractivity contribution in [3.8, 4) is 5.75 Å². The number of hydrogen-bond donors (Lipinski definition) is 2. The SMILES string of the molecule is CCC(C)(CCO)NS(=O)(=O)c1ccccc1OC. The van der Waals surface area contributed by atoms with Gasteiger partial charge in [0, 0.05) is 12.1 Å². The number of aliphatic hydroxyl groups excluding tert-OH is 1. The van der Waals surface area contributed by atoms with Gasteiger partial charge in [0.2, 0.25) is 10.0 Å². The highest BCUT2D eigenvalue weighted by Gasteiger charge is 2.30. The molecule has 5 nitrogen and oxygen atoms in total. The minimum absolute atomic E-state index is 0.0707. The van der Waals surface area contributed by atoms with Gasteiger partial charge in [-0.05, 0) is 31.9 Å². The third-order valence-electron chi connectivity index (χ3n) is 3.18. The molecular formula is C13H21NO4S. The van der Waals surface area contributed by atoms with Gasteiger partial charge in [-0.15, -0.1) is 0 Å². The lowest BCUT2D eigenvalue weighted by Gasteiger charge is -2.28. The molecule has 0 aliphatic rings. The number of benzene rings is 1. The zero-order chi connectivity index (χ0) is 14.5. The van der Waals surface area contributed by atoms with Crippen molar-refractivity contribution in [1.82, 2.24) is 4.72 Å². The highest BCUT2D eigenvalue weighted by Crippen LogP contribution is 2.25. The van der Waals surface area contributed by atoms with Crippen molar-refractivity contribution in [2.75, 3.05) is 13.7 Å². The molecule has 0 saturated heterocycles. The fraction of sp³-hybridized carbons (Fsp3) is 0.538. The van der Waals surface area contributed by atoms with E-state index in [2.05, 4.69) is 4.72 Å².